The van der Waals surface area contributed by atoms with Gasteiger partial charge in [0.15, 0.2) is 0 Å². The van der Waals surface area contributed by atoms with Crippen LogP contribution in [0.15, 0.2) is 47.1 Å². The van der Waals surface area contributed by atoms with Gasteiger partial charge in [-0.05, 0) is 42.9 Å². The average molecular weight is 323 g/mol. The van der Waals surface area contributed by atoms with E-state index in [9.17, 15) is 4.39 Å². The Bertz CT molecular complexity index is 511. The number of nitrogens with zero attached hydrogens (tertiary/aromatic N) is 2. The van der Waals surface area contributed by atoms with Crippen molar-refractivity contribution in [3.63, 3.8) is 0 Å². The first kappa shape index (κ1) is 14.2. The average Bonchev–Trinajstić information content (AvgIpc) is 2.36. The van der Waals surface area contributed by atoms with E-state index < -0.39 is 0 Å². The summed E-state index contributed by atoms with van der Waals surface area (Å²) in [7, 11) is 2.03. The summed E-state index contributed by atoms with van der Waals surface area (Å²) in [6, 6.07) is 10.9. The second kappa shape index (κ2) is 6.78. The first-order valence-electron chi connectivity index (χ1n) is 6.17. The highest BCUT2D eigenvalue weighted by Crippen LogP contribution is 2.16. The predicted molar refractivity (Wildman–Crippen MR) is 78.4 cm³/mol. The Balaban J connectivity index is 1.89. The Labute approximate surface area is 121 Å². The Kier molecular flexibility index (Phi) is 5.05. The van der Waals surface area contributed by atoms with Gasteiger partial charge in [-0.15, -0.1) is 0 Å². The first-order chi connectivity index (χ1) is 9.13. The van der Waals surface area contributed by atoms with E-state index in [-0.39, 0.29) is 5.82 Å². The maximum absolute atomic E-state index is 13.3. The van der Waals surface area contributed by atoms with E-state index >= 15 is 0 Å². The van der Waals surface area contributed by atoms with Crippen molar-refractivity contribution in [1.82, 2.24) is 9.88 Å². The van der Waals surface area contributed by atoms with E-state index in [0.29, 0.717) is 0 Å². The molecule has 0 saturated heterocycles. The van der Waals surface area contributed by atoms with E-state index in [1.165, 1.54) is 6.07 Å². The highest BCUT2D eigenvalue weighted by molar-refractivity contribution is 9.10. The number of halogens is 2. The minimum absolute atomic E-state index is 0.206. The largest absolute Gasteiger partial charge is 0.302 e. The molecule has 1 heterocycles. The van der Waals surface area contributed by atoms with Crippen LogP contribution in [0.4, 0.5) is 4.39 Å². The van der Waals surface area contributed by atoms with Gasteiger partial charge in [-0.3, -0.25) is 4.98 Å². The van der Waals surface area contributed by atoms with Gasteiger partial charge in [0, 0.05) is 35.9 Å². The third-order valence-corrected chi connectivity index (χ3v) is 3.31. The van der Waals surface area contributed by atoms with E-state index in [1.54, 1.807) is 12.3 Å². The van der Waals surface area contributed by atoms with Crippen LogP contribution in [0.2, 0.25) is 0 Å². The lowest BCUT2D eigenvalue weighted by molar-refractivity contribution is 0.329. The Morgan fingerprint density at radius 1 is 1.26 bits per heavy atom. The highest BCUT2D eigenvalue weighted by Gasteiger charge is 2.04. The molecular weight excluding hydrogens is 307 g/mol. The van der Waals surface area contributed by atoms with Crippen LogP contribution in [0.25, 0.3) is 0 Å². The molecule has 0 aliphatic carbocycles. The summed E-state index contributed by atoms with van der Waals surface area (Å²) in [4.78, 5) is 6.45. The van der Waals surface area contributed by atoms with Gasteiger partial charge in [0.25, 0.3) is 0 Å². The minimum Gasteiger partial charge on any atom is -0.302 e. The molecule has 2 nitrogen and oxygen atoms in total. The molecule has 0 bridgehead atoms. The van der Waals surface area contributed by atoms with Crippen LogP contribution >= 0.6 is 15.9 Å². The van der Waals surface area contributed by atoms with Gasteiger partial charge in [-0.1, -0.05) is 22.0 Å². The smallest absolute Gasteiger partial charge is 0.124 e. The van der Waals surface area contributed by atoms with Crippen molar-refractivity contribution < 1.29 is 4.39 Å². The summed E-state index contributed by atoms with van der Waals surface area (Å²) in [5.74, 6) is -0.206. The van der Waals surface area contributed by atoms with Crippen LogP contribution in [0.3, 0.4) is 0 Å². The molecule has 100 valence electrons. The number of hydrogen-bond acceptors (Lipinski definition) is 2. The molecule has 0 amide bonds. The van der Waals surface area contributed by atoms with Crippen LogP contribution in [-0.4, -0.2) is 23.5 Å². The topological polar surface area (TPSA) is 16.1 Å². The zero-order chi connectivity index (χ0) is 13.7. The quantitative estimate of drug-likeness (QED) is 0.835. The fraction of sp³-hybridized carbons (Fsp3) is 0.267. The Morgan fingerprint density at radius 3 is 2.79 bits per heavy atom. The lowest BCUT2D eigenvalue weighted by Crippen LogP contribution is -2.21. The second-order valence-electron chi connectivity index (χ2n) is 4.59. The summed E-state index contributed by atoms with van der Waals surface area (Å²) < 4.78 is 14.0. The summed E-state index contributed by atoms with van der Waals surface area (Å²) in [6.07, 6.45) is 2.70. The zero-order valence-electron chi connectivity index (χ0n) is 10.8. The maximum atomic E-state index is 13.3. The number of benzene rings is 1. The monoisotopic (exact) mass is 322 g/mol. The van der Waals surface area contributed by atoms with Gasteiger partial charge in [-0.25, -0.2) is 4.39 Å². The molecule has 0 atom stereocenters. The van der Waals surface area contributed by atoms with Crippen molar-refractivity contribution >= 4 is 15.9 Å². The highest BCUT2D eigenvalue weighted by atomic mass is 79.9. The molecule has 4 heteroatoms. The van der Waals surface area contributed by atoms with Gasteiger partial charge in [0.05, 0.1) is 0 Å². The molecule has 0 unspecified atom stereocenters. The number of hydrogen-bond donors (Lipinski definition) is 0. The fourth-order valence-corrected chi connectivity index (χ4v) is 2.46. The molecule has 0 aliphatic heterocycles. The van der Waals surface area contributed by atoms with Crippen LogP contribution in [0, 0.1) is 5.82 Å². The second-order valence-corrected chi connectivity index (χ2v) is 5.50. The van der Waals surface area contributed by atoms with Crippen molar-refractivity contribution in [3.8, 4) is 0 Å². The molecule has 0 radical (unpaired) electrons. The van der Waals surface area contributed by atoms with Gasteiger partial charge in [-0.2, -0.15) is 0 Å². The first-order valence-corrected chi connectivity index (χ1v) is 6.96. The summed E-state index contributed by atoms with van der Waals surface area (Å²) in [5, 5.41) is 0. The van der Waals surface area contributed by atoms with Gasteiger partial charge in [0.2, 0.25) is 0 Å². The van der Waals surface area contributed by atoms with Crippen molar-refractivity contribution in [2.45, 2.75) is 13.0 Å². The van der Waals surface area contributed by atoms with Gasteiger partial charge >= 0.3 is 0 Å². The summed E-state index contributed by atoms with van der Waals surface area (Å²) >= 11 is 3.31. The fourth-order valence-electron chi connectivity index (χ4n) is 1.94. The minimum atomic E-state index is -0.206. The van der Waals surface area contributed by atoms with Crippen molar-refractivity contribution in [2.75, 3.05) is 13.6 Å². The molecule has 1 aromatic heterocycles. The van der Waals surface area contributed by atoms with E-state index in [4.69, 9.17) is 0 Å². The van der Waals surface area contributed by atoms with Crippen molar-refractivity contribution in [3.05, 3.63) is 64.1 Å². The Morgan fingerprint density at radius 2 is 2.11 bits per heavy atom. The maximum Gasteiger partial charge on any atom is 0.124 e. The lowest BCUT2D eigenvalue weighted by Gasteiger charge is -2.16. The van der Waals surface area contributed by atoms with E-state index in [1.807, 2.05) is 31.3 Å². The molecular formula is C15H16BrFN2. The number of pyridine rings is 1. The van der Waals surface area contributed by atoms with Crippen LogP contribution in [0.1, 0.15) is 11.3 Å². The van der Waals surface area contributed by atoms with Crippen LogP contribution in [0.5, 0.6) is 0 Å². The zero-order valence-corrected chi connectivity index (χ0v) is 12.4. The lowest BCUT2D eigenvalue weighted by atomic mass is 10.2. The van der Waals surface area contributed by atoms with Gasteiger partial charge < -0.3 is 4.90 Å². The molecule has 0 aliphatic rings. The van der Waals surface area contributed by atoms with Crippen LogP contribution < -0.4 is 0 Å². The number of likely N-dealkylation sites (N-methyl/N-ethyl adjacent to an activating group) is 1. The summed E-state index contributed by atoms with van der Waals surface area (Å²) in [5.41, 5.74) is 2.05. The van der Waals surface area contributed by atoms with Crippen molar-refractivity contribution in [2.24, 2.45) is 0 Å². The SMILES string of the molecule is CN(CCc1ccccn1)Cc1cc(F)cc(Br)c1. The van der Waals surface area contributed by atoms with Gasteiger partial charge in [0.1, 0.15) is 5.82 Å². The molecule has 1 aromatic carbocycles. The molecule has 2 rings (SSSR count). The number of aromatic nitrogens is 1. The molecule has 19 heavy (non-hydrogen) atoms. The van der Waals surface area contributed by atoms with Crippen LogP contribution in [-0.2, 0) is 13.0 Å². The normalized spacial score (nSPS) is 10.9. The molecule has 2 aromatic rings. The van der Waals surface area contributed by atoms with E-state index in [0.717, 1.165) is 35.2 Å². The predicted octanol–water partition coefficient (Wildman–Crippen LogP) is 3.66. The third-order valence-electron chi connectivity index (χ3n) is 2.85. The molecule has 0 fully saturated rings. The molecule has 0 N–H and O–H groups in total. The van der Waals surface area contributed by atoms with E-state index in [2.05, 4.69) is 25.8 Å². The molecule has 0 saturated carbocycles. The van der Waals surface area contributed by atoms with Crippen molar-refractivity contribution in [1.29, 1.82) is 0 Å². The Hall–Kier alpha value is -1.26. The molecule has 0 spiro atoms. The number of rotatable bonds is 5. The third kappa shape index (κ3) is 4.73. The standard InChI is InChI=1S/C15H16BrFN2/c1-19(7-5-15-4-2-3-6-18-15)11-12-8-13(16)10-14(17)9-12/h2-4,6,8-10H,5,7,11H2,1H3. The summed E-state index contributed by atoms with van der Waals surface area (Å²) in [6.45, 7) is 1.62.